The Morgan fingerprint density at radius 2 is 2.12 bits per heavy atom. The second-order valence-electron chi connectivity index (χ2n) is 6.06. The monoisotopic (exact) mass is 340 g/mol. The normalized spacial score (nSPS) is 15.5. The van der Waals surface area contributed by atoms with E-state index in [9.17, 15) is 9.65 Å². The van der Waals surface area contributed by atoms with Gasteiger partial charge in [0, 0.05) is 44.5 Å². The van der Waals surface area contributed by atoms with Crippen LogP contribution in [0, 0.1) is 17.1 Å². The Balaban J connectivity index is 1.70. The molecule has 1 fully saturated rings. The fraction of sp³-hybridized carbons (Fsp3) is 0.368. The third kappa shape index (κ3) is 4.06. The van der Waals surface area contributed by atoms with Crippen LogP contribution in [0.2, 0.25) is 0 Å². The summed E-state index contributed by atoms with van der Waals surface area (Å²) in [5.74, 6) is 1.20. The summed E-state index contributed by atoms with van der Waals surface area (Å²) >= 11 is 0. The molecule has 130 valence electrons. The van der Waals surface area contributed by atoms with E-state index in [1.807, 2.05) is 0 Å². The van der Waals surface area contributed by atoms with Gasteiger partial charge in [0.25, 0.3) is 0 Å². The number of benzene rings is 1. The summed E-state index contributed by atoms with van der Waals surface area (Å²) in [5, 5.41) is 9.27. The average molecular weight is 340 g/mol. The van der Waals surface area contributed by atoms with E-state index in [0.29, 0.717) is 17.9 Å². The highest BCUT2D eigenvalue weighted by molar-refractivity contribution is 5.53. The minimum Gasteiger partial charge on any atom is -0.496 e. The standard InChI is InChI=1S/C19H21FN4O/c1-25-18-6-5-17(20)12-16(18)14-23-8-3-9-24(11-10-23)19-15(13-21)4-2-7-22-19/h2,4-7,12H,3,8-11,14H2,1H3. The number of hydrogen-bond acceptors (Lipinski definition) is 5. The lowest BCUT2D eigenvalue weighted by Gasteiger charge is -2.23. The first kappa shape index (κ1) is 17.2. The van der Waals surface area contributed by atoms with E-state index in [2.05, 4.69) is 20.9 Å². The van der Waals surface area contributed by atoms with Gasteiger partial charge in [-0.1, -0.05) is 0 Å². The summed E-state index contributed by atoms with van der Waals surface area (Å²) < 4.78 is 18.9. The lowest BCUT2D eigenvalue weighted by molar-refractivity contribution is 0.279. The van der Waals surface area contributed by atoms with Crippen molar-refractivity contribution in [2.75, 3.05) is 38.2 Å². The van der Waals surface area contributed by atoms with Crippen LogP contribution in [0.4, 0.5) is 10.2 Å². The van der Waals surface area contributed by atoms with Crippen molar-refractivity contribution >= 4 is 5.82 Å². The number of nitriles is 1. The summed E-state index contributed by atoms with van der Waals surface area (Å²) in [6.07, 6.45) is 2.68. The van der Waals surface area contributed by atoms with Gasteiger partial charge in [-0.25, -0.2) is 9.37 Å². The Morgan fingerprint density at radius 3 is 2.92 bits per heavy atom. The van der Waals surface area contributed by atoms with Crippen LogP contribution in [0.25, 0.3) is 0 Å². The maximum atomic E-state index is 13.6. The quantitative estimate of drug-likeness (QED) is 0.857. The molecule has 5 nitrogen and oxygen atoms in total. The molecule has 0 spiro atoms. The molecule has 0 bridgehead atoms. The van der Waals surface area contributed by atoms with Crippen LogP contribution >= 0.6 is 0 Å². The predicted molar refractivity (Wildman–Crippen MR) is 94.0 cm³/mol. The number of halogens is 1. The Morgan fingerprint density at radius 1 is 1.24 bits per heavy atom. The van der Waals surface area contributed by atoms with Gasteiger partial charge in [0.1, 0.15) is 23.5 Å². The Bertz CT molecular complexity index is 774. The van der Waals surface area contributed by atoms with Crippen molar-refractivity contribution < 1.29 is 9.13 Å². The van der Waals surface area contributed by atoms with E-state index in [1.165, 1.54) is 12.1 Å². The largest absolute Gasteiger partial charge is 0.496 e. The molecule has 0 saturated carbocycles. The van der Waals surface area contributed by atoms with Gasteiger partial charge in [-0.3, -0.25) is 4.90 Å². The van der Waals surface area contributed by atoms with Crippen molar-refractivity contribution in [1.82, 2.24) is 9.88 Å². The number of hydrogen-bond donors (Lipinski definition) is 0. The van der Waals surface area contributed by atoms with E-state index < -0.39 is 0 Å². The molecule has 3 rings (SSSR count). The average Bonchev–Trinajstić information content (AvgIpc) is 2.87. The minimum atomic E-state index is -0.251. The molecule has 0 unspecified atom stereocenters. The molecule has 2 aromatic rings. The molecule has 0 atom stereocenters. The highest BCUT2D eigenvalue weighted by atomic mass is 19.1. The van der Waals surface area contributed by atoms with Crippen molar-refractivity contribution in [2.45, 2.75) is 13.0 Å². The van der Waals surface area contributed by atoms with Gasteiger partial charge in [0.15, 0.2) is 0 Å². The molecular weight excluding hydrogens is 319 g/mol. The van der Waals surface area contributed by atoms with Crippen LogP contribution in [-0.2, 0) is 6.54 Å². The van der Waals surface area contributed by atoms with E-state index >= 15 is 0 Å². The Labute approximate surface area is 147 Å². The van der Waals surface area contributed by atoms with Crippen molar-refractivity contribution in [3.63, 3.8) is 0 Å². The van der Waals surface area contributed by atoms with E-state index in [4.69, 9.17) is 4.74 Å². The number of ether oxygens (including phenoxy) is 1. The maximum absolute atomic E-state index is 13.6. The van der Waals surface area contributed by atoms with Crippen molar-refractivity contribution in [3.8, 4) is 11.8 Å². The molecule has 1 saturated heterocycles. The lowest BCUT2D eigenvalue weighted by atomic mass is 10.1. The predicted octanol–water partition coefficient (Wildman–Crippen LogP) is 2.81. The molecule has 1 aliphatic rings. The van der Waals surface area contributed by atoms with Crippen molar-refractivity contribution in [3.05, 3.63) is 53.5 Å². The third-order valence-corrected chi connectivity index (χ3v) is 4.43. The number of aromatic nitrogens is 1. The molecule has 0 N–H and O–H groups in total. The molecule has 1 aromatic heterocycles. The molecule has 1 aromatic carbocycles. The van der Waals surface area contributed by atoms with Gasteiger partial charge in [-0.15, -0.1) is 0 Å². The molecule has 0 radical (unpaired) electrons. The van der Waals surface area contributed by atoms with Gasteiger partial charge in [-0.05, 0) is 36.8 Å². The summed E-state index contributed by atoms with van der Waals surface area (Å²) in [6.45, 7) is 4.00. The number of anilines is 1. The summed E-state index contributed by atoms with van der Waals surface area (Å²) in [7, 11) is 1.60. The first-order valence-corrected chi connectivity index (χ1v) is 8.36. The van der Waals surface area contributed by atoms with Crippen LogP contribution in [0.5, 0.6) is 5.75 Å². The zero-order valence-corrected chi connectivity index (χ0v) is 14.3. The smallest absolute Gasteiger partial charge is 0.146 e. The fourth-order valence-corrected chi connectivity index (χ4v) is 3.19. The topological polar surface area (TPSA) is 52.4 Å². The SMILES string of the molecule is COc1ccc(F)cc1CN1CCCN(c2ncccc2C#N)CC1. The molecular formula is C19H21FN4O. The first-order valence-electron chi connectivity index (χ1n) is 8.36. The van der Waals surface area contributed by atoms with Gasteiger partial charge >= 0.3 is 0 Å². The zero-order valence-electron chi connectivity index (χ0n) is 14.3. The highest BCUT2D eigenvalue weighted by Crippen LogP contribution is 2.23. The molecule has 0 aliphatic carbocycles. The second-order valence-corrected chi connectivity index (χ2v) is 6.06. The van der Waals surface area contributed by atoms with E-state index in [0.717, 1.165) is 44.0 Å². The first-order chi connectivity index (χ1) is 12.2. The van der Waals surface area contributed by atoms with Crippen LogP contribution in [0.1, 0.15) is 17.5 Å². The van der Waals surface area contributed by atoms with Gasteiger partial charge in [0.05, 0.1) is 12.7 Å². The fourth-order valence-electron chi connectivity index (χ4n) is 3.19. The van der Waals surface area contributed by atoms with Crippen LogP contribution < -0.4 is 9.64 Å². The number of rotatable bonds is 4. The number of pyridine rings is 1. The third-order valence-electron chi connectivity index (χ3n) is 4.43. The lowest BCUT2D eigenvalue weighted by Crippen LogP contribution is -2.31. The highest BCUT2D eigenvalue weighted by Gasteiger charge is 2.19. The maximum Gasteiger partial charge on any atom is 0.146 e. The number of nitrogens with zero attached hydrogens (tertiary/aromatic N) is 4. The van der Waals surface area contributed by atoms with Crippen LogP contribution in [0.3, 0.4) is 0 Å². The van der Waals surface area contributed by atoms with E-state index in [-0.39, 0.29) is 5.82 Å². The number of methoxy groups -OCH3 is 1. The Kier molecular flexibility index (Phi) is 5.46. The van der Waals surface area contributed by atoms with Crippen molar-refractivity contribution in [1.29, 1.82) is 5.26 Å². The molecule has 1 aliphatic heterocycles. The van der Waals surface area contributed by atoms with Gasteiger partial charge in [0.2, 0.25) is 0 Å². The second kappa shape index (κ2) is 7.95. The minimum absolute atomic E-state index is 0.251. The molecule has 25 heavy (non-hydrogen) atoms. The van der Waals surface area contributed by atoms with E-state index in [1.54, 1.807) is 31.5 Å². The van der Waals surface area contributed by atoms with Gasteiger partial charge in [-0.2, -0.15) is 5.26 Å². The van der Waals surface area contributed by atoms with Gasteiger partial charge < -0.3 is 9.64 Å². The molecule has 2 heterocycles. The summed E-state index contributed by atoms with van der Waals surface area (Å²) in [4.78, 5) is 8.82. The van der Waals surface area contributed by atoms with Crippen LogP contribution in [-0.4, -0.2) is 43.2 Å². The summed E-state index contributed by atoms with van der Waals surface area (Å²) in [6, 6.07) is 10.4. The van der Waals surface area contributed by atoms with Crippen molar-refractivity contribution in [2.24, 2.45) is 0 Å². The molecule has 0 amide bonds. The zero-order chi connectivity index (χ0) is 17.6. The molecule has 6 heteroatoms. The van der Waals surface area contributed by atoms with Crippen LogP contribution in [0.15, 0.2) is 36.5 Å². The summed E-state index contributed by atoms with van der Waals surface area (Å²) in [5.41, 5.74) is 1.45. The Hall–Kier alpha value is -2.65.